The molecular weight excluding hydrogens is 276 g/mol. The molecule has 1 aromatic heterocycles. The molecule has 0 aliphatic carbocycles. The van der Waals surface area contributed by atoms with Crippen molar-refractivity contribution in [1.82, 2.24) is 15.3 Å². The predicted octanol–water partition coefficient (Wildman–Crippen LogP) is 3.32. The molecule has 5 heteroatoms. The topological polar surface area (TPSA) is 69.8 Å². The SMILES string of the molecule is O=C(NCCCc1ccccc1)Nc1ccc2nc[nH]c2c1. The number of fused-ring (bicyclic) bond motifs is 1. The fourth-order valence-electron chi connectivity index (χ4n) is 2.33. The molecule has 112 valence electrons. The average Bonchev–Trinajstić information content (AvgIpc) is 3.00. The summed E-state index contributed by atoms with van der Waals surface area (Å²) in [5, 5.41) is 5.69. The van der Waals surface area contributed by atoms with E-state index in [-0.39, 0.29) is 6.03 Å². The normalized spacial score (nSPS) is 10.5. The van der Waals surface area contributed by atoms with Crippen LogP contribution in [0.5, 0.6) is 0 Å². The number of hydrogen-bond acceptors (Lipinski definition) is 2. The van der Waals surface area contributed by atoms with Gasteiger partial charge in [-0.25, -0.2) is 9.78 Å². The second-order valence-corrected chi connectivity index (χ2v) is 5.10. The molecule has 3 rings (SSSR count). The van der Waals surface area contributed by atoms with Crippen LogP contribution in [0.3, 0.4) is 0 Å². The number of nitrogens with zero attached hydrogens (tertiary/aromatic N) is 1. The first kappa shape index (κ1) is 14.1. The summed E-state index contributed by atoms with van der Waals surface area (Å²) in [5.41, 5.74) is 3.82. The lowest BCUT2D eigenvalue weighted by atomic mass is 10.1. The maximum Gasteiger partial charge on any atom is 0.319 e. The van der Waals surface area contributed by atoms with Crippen LogP contribution in [-0.2, 0) is 6.42 Å². The first-order valence-corrected chi connectivity index (χ1v) is 7.33. The Morgan fingerprint density at radius 1 is 1.14 bits per heavy atom. The van der Waals surface area contributed by atoms with Crippen LogP contribution in [0.4, 0.5) is 10.5 Å². The number of H-pyrrole nitrogens is 1. The van der Waals surface area contributed by atoms with E-state index in [0.717, 1.165) is 29.6 Å². The highest BCUT2D eigenvalue weighted by Gasteiger charge is 2.03. The van der Waals surface area contributed by atoms with E-state index in [2.05, 4.69) is 32.7 Å². The Labute approximate surface area is 128 Å². The number of aryl methyl sites for hydroxylation is 1. The third-order valence-corrected chi connectivity index (χ3v) is 3.45. The summed E-state index contributed by atoms with van der Waals surface area (Å²) in [7, 11) is 0. The number of benzene rings is 2. The minimum atomic E-state index is -0.188. The van der Waals surface area contributed by atoms with Gasteiger partial charge in [0.05, 0.1) is 17.4 Å². The van der Waals surface area contributed by atoms with Crippen LogP contribution < -0.4 is 10.6 Å². The molecule has 0 unspecified atom stereocenters. The van der Waals surface area contributed by atoms with Crippen LogP contribution >= 0.6 is 0 Å². The standard InChI is InChI=1S/C17H18N4O/c22-17(18-10-4-7-13-5-2-1-3-6-13)21-14-8-9-15-16(11-14)20-12-19-15/h1-3,5-6,8-9,11-12H,4,7,10H2,(H,19,20)(H2,18,21,22). The monoisotopic (exact) mass is 294 g/mol. The summed E-state index contributed by atoms with van der Waals surface area (Å²) >= 11 is 0. The summed E-state index contributed by atoms with van der Waals surface area (Å²) in [5.74, 6) is 0. The first-order chi connectivity index (χ1) is 10.8. The number of imidazole rings is 1. The fourth-order valence-corrected chi connectivity index (χ4v) is 2.33. The summed E-state index contributed by atoms with van der Waals surface area (Å²) in [6.45, 7) is 0.646. The summed E-state index contributed by atoms with van der Waals surface area (Å²) in [4.78, 5) is 19.0. The molecule has 0 saturated heterocycles. The van der Waals surface area contributed by atoms with Gasteiger partial charge in [-0.05, 0) is 36.6 Å². The molecule has 5 nitrogen and oxygen atoms in total. The minimum Gasteiger partial charge on any atom is -0.345 e. The minimum absolute atomic E-state index is 0.188. The van der Waals surface area contributed by atoms with E-state index in [1.165, 1.54) is 5.56 Å². The van der Waals surface area contributed by atoms with Crippen molar-refractivity contribution in [2.75, 3.05) is 11.9 Å². The van der Waals surface area contributed by atoms with E-state index in [9.17, 15) is 4.79 Å². The molecule has 0 atom stereocenters. The largest absolute Gasteiger partial charge is 0.345 e. The average molecular weight is 294 g/mol. The number of carbonyl (C=O) groups excluding carboxylic acids is 1. The van der Waals surface area contributed by atoms with E-state index in [4.69, 9.17) is 0 Å². The van der Waals surface area contributed by atoms with Crippen molar-refractivity contribution < 1.29 is 4.79 Å². The zero-order chi connectivity index (χ0) is 15.2. The Bertz CT molecular complexity index is 751. The maximum atomic E-state index is 11.9. The molecule has 0 fully saturated rings. The Hall–Kier alpha value is -2.82. The van der Waals surface area contributed by atoms with Crippen LogP contribution in [0, 0.1) is 0 Å². The highest BCUT2D eigenvalue weighted by atomic mass is 16.2. The lowest BCUT2D eigenvalue weighted by Crippen LogP contribution is -2.29. The van der Waals surface area contributed by atoms with E-state index in [1.807, 2.05) is 36.4 Å². The summed E-state index contributed by atoms with van der Waals surface area (Å²) in [6, 6.07) is 15.6. The molecule has 22 heavy (non-hydrogen) atoms. The molecule has 0 aliphatic heterocycles. The number of rotatable bonds is 5. The van der Waals surface area contributed by atoms with Gasteiger partial charge in [0.15, 0.2) is 0 Å². The van der Waals surface area contributed by atoms with Crippen LogP contribution in [0.2, 0.25) is 0 Å². The summed E-state index contributed by atoms with van der Waals surface area (Å²) in [6.07, 6.45) is 3.51. The number of nitrogens with one attached hydrogen (secondary N) is 3. The molecule has 0 bridgehead atoms. The number of aromatic amines is 1. The third-order valence-electron chi connectivity index (χ3n) is 3.45. The first-order valence-electron chi connectivity index (χ1n) is 7.33. The van der Waals surface area contributed by atoms with Gasteiger partial charge in [0.2, 0.25) is 0 Å². The van der Waals surface area contributed by atoms with Gasteiger partial charge in [-0.1, -0.05) is 30.3 Å². The van der Waals surface area contributed by atoms with E-state index >= 15 is 0 Å². The lowest BCUT2D eigenvalue weighted by Gasteiger charge is -2.07. The molecule has 2 amide bonds. The number of hydrogen-bond donors (Lipinski definition) is 3. The van der Waals surface area contributed by atoms with Gasteiger partial charge < -0.3 is 15.6 Å². The van der Waals surface area contributed by atoms with Gasteiger partial charge in [-0.2, -0.15) is 0 Å². The van der Waals surface area contributed by atoms with Crippen LogP contribution in [0.25, 0.3) is 11.0 Å². The van der Waals surface area contributed by atoms with Crippen LogP contribution in [0.1, 0.15) is 12.0 Å². The number of carbonyl (C=O) groups is 1. The quantitative estimate of drug-likeness (QED) is 0.632. The number of urea groups is 1. The molecule has 3 N–H and O–H groups in total. The molecular formula is C17H18N4O. The Morgan fingerprint density at radius 3 is 2.86 bits per heavy atom. The van der Waals surface area contributed by atoms with Crippen molar-refractivity contribution in [3.05, 3.63) is 60.4 Å². The van der Waals surface area contributed by atoms with E-state index in [0.29, 0.717) is 6.54 Å². The molecule has 0 radical (unpaired) electrons. The van der Waals surface area contributed by atoms with E-state index < -0.39 is 0 Å². The molecule has 0 aliphatic rings. The number of amides is 2. The zero-order valence-electron chi connectivity index (χ0n) is 12.2. The molecule has 2 aromatic carbocycles. The van der Waals surface area contributed by atoms with Gasteiger partial charge in [-0.15, -0.1) is 0 Å². The Kier molecular flexibility index (Phi) is 4.34. The van der Waals surface area contributed by atoms with E-state index in [1.54, 1.807) is 6.33 Å². The smallest absolute Gasteiger partial charge is 0.319 e. The highest BCUT2D eigenvalue weighted by molar-refractivity contribution is 5.91. The van der Waals surface area contributed by atoms with Gasteiger partial charge in [-0.3, -0.25) is 0 Å². The second-order valence-electron chi connectivity index (χ2n) is 5.10. The zero-order valence-corrected chi connectivity index (χ0v) is 12.2. The van der Waals surface area contributed by atoms with Crippen molar-refractivity contribution in [1.29, 1.82) is 0 Å². The second kappa shape index (κ2) is 6.76. The molecule has 0 saturated carbocycles. The van der Waals surface area contributed by atoms with Crippen LogP contribution in [-0.4, -0.2) is 22.5 Å². The van der Waals surface area contributed by atoms with Crippen molar-refractivity contribution in [2.24, 2.45) is 0 Å². The summed E-state index contributed by atoms with van der Waals surface area (Å²) < 4.78 is 0. The van der Waals surface area contributed by atoms with Crippen LogP contribution in [0.15, 0.2) is 54.9 Å². The van der Waals surface area contributed by atoms with Gasteiger partial charge in [0, 0.05) is 12.2 Å². The van der Waals surface area contributed by atoms with Crippen molar-refractivity contribution in [3.63, 3.8) is 0 Å². The van der Waals surface area contributed by atoms with Gasteiger partial charge in [0.1, 0.15) is 0 Å². The van der Waals surface area contributed by atoms with Gasteiger partial charge >= 0.3 is 6.03 Å². The van der Waals surface area contributed by atoms with Crippen molar-refractivity contribution in [2.45, 2.75) is 12.8 Å². The fraction of sp³-hybridized carbons (Fsp3) is 0.176. The van der Waals surface area contributed by atoms with Crippen molar-refractivity contribution >= 4 is 22.8 Å². The molecule has 1 heterocycles. The Morgan fingerprint density at radius 2 is 2.00 bits per heavy atom. The lowest BCUT2D eigenvalue weighted by molar-refractivity contribution is 0.252. The Balaban J connectivity index is 1.44. The highest BCUT2D eigenvalue weighted by Crippen LogP contribution is 2.15. The molecule has 3 aromatic rings. The van der Waals surface area contributed by atoms with Gasteiger partial charge in [0.25, 0.3) is 0 Å². The third kappa shape index (κ3) is 3.63. The number of anilines is 1. The molecule has 0 spiro atoms. The predicted molar refractivity (Wildman–Crippen MR) is 87.9 cm³/mol. The van der Waals surface area contributed by atoms with Crippen molar-refractivity contribution in [3.8, 4) is 0 Å². The number of aromatic nitrogens is 2. The maximum absolute atomic E-state index is 11.9.